The van der Waals surface area contributed by atoms with E-state index in [4.69, 9.17) is 0 Å². The highest BCUT2D eigenvalue weighted by atomic mass is 19.4. The lowest BCUT2D eigenvalue weighted by Gasteiger charge is -2.31. The van der Waals surface area contributed by atoms with Crippen LogP contribution in [0.2, 0.25) is 0 Å². The van der Waals surface area contributed by atoms with E-state index in [0.29, 0.717) is 0 Å². The molecular weight excluding hydrogens is 213 g/mol. The average Bonchev–Trinajstić information content (AvgIpc) is 2.08. The van der Waals surface area contributed by atoms with Gasteiger partial charge in [0.1, 0.15) is 6.04 Å². The Balaban J connectivity index is 2.71. The number of halogens is 3. The molecule has 4 nitrogen and oxygen atoms in total. The van der Waals surface area contributed by atoms with Crippen LogP contribution < -0.4 is 5.32 Å². The maximum absolute atomic E-state index is 12.0. The Morgan fingerprint density at radius 3 is 2.53 bits per heavy atom. The van der Waals surface area contributed by atoms with Gasteiger partial charge in [-0.2, -0.15) is 13.2 Å². The highest BCUT2D eigenvalue weighted by molar-refractivity contribution is 5.94. The summed E-state index contributed by atoms with van der Waals surface area (Å²) >= 11 is 0. The van der Waals surface area contributed by atoms with Gasteiger partial charge < -0.3 is 10.2 Å². The quantitative estimate of drug-likeness (QED) is 0.732. The summed E-state index contributed by atoms with van der Waals surface area (Å²) < 4.78 is 36.1. The average molecular weight is 224 g/mol. The second-order valence-electron chi connectivity index (χ2n) is 3.29. The number of carbonyl (C=O) groups is 2. The number of amides is 2. The molecule has 0 aromatic rings. The van der Waals surface area contributed by atoms with Gasteiger partial charge in [-0.3, -0.25) is 9.59 Å². The van der Waals surface area contributed by atoms with E-state index < -0.39 is 30.5 Å². The van der Waals surface area contributed by atoms with Crippen molar-refractivity contribution in [2.45, 2.75) is 25.6 Å². The van der Waals surface area contributed by atoms with E-state index in [1.807, 2.05) is 5.32 Å². The van der Waals surface area contributed by atoms with Gasteiger partial charge in [0.2, 0.25) is 11.8 Å². The molecule has 1 aliphatic rings. The first-order valence-corrected chi connectivity index (χ1v) is 4.48. The molecule has 1 heterocycles. The number of rotatable bonds is 2. The summed E-state index contributed by atoms with van der Waals surface area (Å²) in [5.74, 6) is -1.22. The van der Waals surface area contributed by atoms with Gasteiger partial charge in [-0.25, -0.2) is 0 Å². The molecule has 86 valence electrons. The van der Waals surface area contributed by atoms with Crippen LogP contribution in [0.4, 0.5) is 13.2 Å². The molecule has 0 aromatic heterocycles. The summed E-state index contributed by atoms with van der Waals surface area (Å²) in [7, 11) is 0. The fourth-order valence-corrected chi connectivity index (χ4v) is 1.41. The smallest absolute Gasteiger partial charge is 0.342 e. The molecule has 1 aliphatic heterocycles. The predicted molar refractivity (Wildman–Crippen MR) is 44.9 cm³/mol. The van der Waals surface area contributed by atoms with Gasteiger partial charge in [0.05, 0.1) is 13.0 Å². The van der Waals surface area contributed by atoms with Crippen molar-refractivity contribution in [1.29, 1.82) is 0 Å². The van der Waals surface area contributed by atoms with Gasteiger partial charge in [0, 0.05) is 6.54 Å². The van der Waals surface area contributed by atoms with E-state index >= 15 is 0 Å². The largest absolute Gasteiger partial charge is 0.391 e. The molecule has 1 unspecified atom stereocenters. The first-order valence-electron chi connectivity index (χ1n) is 4.48. The topological polar surface area (TPSA) is 49.4 Å². The van der Waals surface area contributed by atoms with Crippen molar-refractivity contribution in [2.75, 3.05) is 13.1 Å². The van der Waals surface area contributed by atoms with E-state index in [0.717, 1.165) is 4.90 Å². The first-order chi connectivity index (χ1) is 6.83. The number of carbonyl (C=O) groups excluding carboxylic acids is 2. The Bertz CT molecular complexity index is 278. The predicted octanol–water partition coefficient (Wildman–Crippen LogP) is 0.286. The summed E-state index contributed by atoms with van der Waals surface area (Å²) in [5, 5.41) is 2.04. The second kappa shape index (κ2) is 4.08. The molecule has 7 heteroatoms. The molecule has 0 radical (unpaired) electrons. The maximum Gasteiger partial charge on any atom is 0.391 e. The highest BCUT2D eigenvalue weighted by Crippen LogP contribution is 2.23. The molecule has 1 N–H and O–H groups in total. The van der Waals surface area contributed by atoms with E-state index in [-0.39, 0.29) is 13.1 Å². The van der Waals surface area contributed by atoms with Gasteiger partial charge in [-0.05, 0) is 6.92 Å². The van der Waals surface area contributed by atoms with Crippen LogP contribution in [0.25, 0.3) is 0 Å². The zero-order valence-corrected chi connectivity index (χ0v) is 8.10. The van der Waals surface area contributed by atoms with E-state index in [9.17, 15) is 22.8 Å². The number of hydrogen-bond acceptors (Lipinski definition) is 2. The maximum atomic E-state index is 12.0. The molecule has 0 aromatic carbocycles. The summed E-state index contributed by atoms with van der Waals surface area (Å²) in [6, 6.07) is -1.47. The van der Waals surface area contributed by atoms with Crippen molar-refractivity contribution >= 4 is 11.8 Å². The van der Waals surface area contributed by atoms with Crippen molar-refractivity contribution in [3.8, 4) is 0 Å². The van der Waals surface area contributed by atoms with Gasteiger partial charge in [-0.15, -0.1) is 0 Å². The number of alkyl halides is 3. The van der Waals surface area contributed by atoms with Crippen molar-refractivity contribution in [1.82, 2.24) is 10.2 Å². The molecule has 0 aliphatic carbocycles. The Kier molecular flexibility index (Phi) is 3.21. The Hall–Kier alpha value is -1.27. The Labute approximate surface area is 84.4 Å². The molecule has 15 heavy (non-hydrogen) atoms. The second-order valence-corrected chi connectivity index (χ2v) is 3.29. The van der Waals surface area contributed by atoms with Gasteiger partial charge in [0.15, 0.2) is 0 Å². The number of nitrogens with zero attached hydrogens (tertiary/aromatic N) is 1. The van der Waals surface area contributed by atoms with Crippen LogP contribution >= 0.6 is 0 Å². The molecule has 1 fully saturated rings. The fourth-order valence-electron chi connectivity index (χ4n) is 1.41. The van der Waals surface area contributed by atoms with Crippen molar-refractivity contribution in [3.05, 3.63) is 0 Å². The molecule has 1 rings (SSSR count). The monoisotopic (exact) mass is 224 g/mol. The summed E-state index contributed by atoms with van der Waals surface area (Å²) in [6.45, 7) is 1.69. The minimum absolute atomic E-state index is 0.163. The zero-order chi connectivity index (χ0) is 11.6. The van der Waals surface area contributed by atoms with Crippen LogP contribution in [0, 0.1) is 0 Å². The molecule has 0 spiro atoms. The zero-order valence-electron chi connectivity index (χ0n) is 8.10. The first kappa shape index (κ1) is 11.8. The van der Waals surface area contributed by atoms with E-state index in [1.54, 1.807) is 6.92 Å². The van der Waals surface area contributed by atoms with Crippen LogP contribution in [0.3, 0.4) is 0 Å². The van der Waals surface area contributed by atoms with Crippen LogP contribution in [0.5, 0.6) is 0 Å². The summed E-state index contributed by atoms with van der Waals surface area (Å²) in [5.41, 5.74) is 0. The molecule has 1 saturated heterocycles. The van der Waals surface area contributed by atoms with Crippen LogP contribution in [-0.2, 0) is 9.59 Å². The van der Waals surface area contributed by atoms with Gasteiger partial charge in [0.25, 0.3) is 0 Å². The van der Waals surface area contributed by atoms with Crippen LogP contribution in [0.15, 0.2) is 0 Å². The number of hydrogen-bond donors (Lipinski definition) is 1. The van der Waals surface area contributed by atoms with Gasteiger partial charge in [-0.1, -0.05) is 0 Å². The lowest BCUT2D eigenvalue weighted by molar-refractivity contribution is -0.160. The summed E-state index contributed by atoms with van der Waals surface area (Å²) in [6.07, 6.45) is -5.77. The SMILES string of the molecule is CCN1CC(=O)NC(CC(F)(F)F)C1=O. The molecule has 2 amide bonds. The Morgan fingerprint density at radius 2 is 2.07 bits per heavy atom. The van der Waals surface area contributed by atoms with Gasteiger partial charge >= 0.3 is 6.18 Å². The minimum atomic E-state index is -4.45. The van der Waals surface area contributed by atoms with Crippen molar-refractivity contribution in [3.63, 3.8) is 0 Å². The molecular formula is C8H11F3N2O2. The Morgan fingerprint density at radius 1 is 1.47 bits per heavy atom. The highest BCUT2D eigenvalue weighted by Gasteiger charge is 2.40. The molecule has 1 atom stereocenters. The van der Waals surface area contributed by atoms with Crippen molar-refractivity contribution < 1.29 is 22.8 Å². The van der Waals surface area contributed by atoms with E-state index in [1.165, 1.54) is 0 Å². The molecule has 0 saturated carbocycles. The third kappa shape index (κ3) is 3.10. The van der Waals surface area contributed by atoms with E-state index in [2.05, 4.69) is 0 Å². The number of likely N-dealkylation sites (N-methyl/N-ethyl adjacent to an activating group) is 1. The third-order valence-electron chi connectivity index (χ3n) is 2.10. The number of piperazine rings is 1. The fraction of sp³-hybridized carbons (Fsp3) is 0.750. The van der Waals surface area contributed by atoms with Crippen LogP contribution in [-0.4, -0.2) is 42.0 Å². The lowest BCUT2D eigenvalue weighted by Crippen LogP contribution is -2.58. The number of nitrogens with one attached hydrogen (secondary N) is 1. The minimum Gasteiger partial charge on any atom is -0.342 e. The normalized spacial score (nSPS) is 22.9. The lowest BCUT2D eigenvalue weighted by atomic mass is 10.1. The summed E-state index contributed by atoms with van der Waals surface area (Å²) in [4.78, 5) is 23.5. The standard InChI is InChI=1S/C8H11F3N2O2/c1-2-13-4-6(14)12-5(7(13)15)3-8(9,10)11/h5H,2-4H2,1H3,(H,12,14). The van der Waals surface area contributed by atoms with Crippen LogP contribution in [0.1, 0.15) is 13.3 Å². The molecule has 0 bridgehead atoms. The third-order valence-corrected chi connectivity index (χ3v) is 2.10. The van der Waals surface area contributed by atoms with Crippen molar-refractivity contribution in [2.24, 2.45) is 0 Å².